The van der Waals surface area contributed by atoms with Gasteiger partial charge in [0.05, 0.1) is 19.5 Å². The minimum atomic E-state index is -0.693. The quantitative estimate of drug-likeness (QED) is 0.317. The zero-order valence-corrected chi connectivity index (χ0v) is 17.2. The molecule has 2 heterocycles. The minimum Gasteiger partial charge on any atom is -0.394 e. The van der Waals surface area contributed by atoms with E-state index in [9.17, 15) is 4.79 Å². The molecule has 0 fully saturated rings. The number of ether oxygens (including phenoxy) is 1. The number of aromatic amines is 1. The lowest BCUT2D eigenvalue weighted by Crippen LogP contribution is -2.23. The molecule has 0 unspecified atom stereocenters. The molecule has 28 heavy (non-hydrogen) atoms. The number of hydrogen-bond acceptors (Lipinski definition) is 9. The van der Waals surface area contributed by atoms with Crippen LogP contribution in [0.1, 0.15) is 27.7 Å². The van der Waals surface area contributed by atoms with Crippen molar-refractivity contribution in [2.45, 2.75) is 40.5 Å². The number of H-pyrrole nitrogens is 1. The Morgan fingerprint density at radius 2 is 1.68 bits per heavy atom. The average Bonchev–Trinajstić information content (AvgIpc) is 3.08. The van der Waals surface area contributed by atoms with Crippen molar-refractivity contribution in [1.29, 1.82) is 0 Å². The largest absolute Gasteiger partial charge is 0.394 e. The number of imidazole rings is 1. The highest BCUT2D eigenvalue weighted by Gasteiger charge is 2.11. The van der Waals surface area contributed by atoms with E-state index in [2.05, 4.69) is 53.3 Å². The van der Waals surface area contributed by atoms with Gasteiger partial charge in [0.15, 0.2) is 11.2 Å². The van der Waals surface area contributed by atoms with Gasteiger partial charge in [-0.1, -0.05) is 27.7 Å². The zero-order valence-electron chi connectivity index (χ0n) is 17.2. The number of nitrogens with one attached hydrogen (secondary N) is 3. The first-order chi connectivity index (χ1) is 13.5. The first kappa shape index (κ1) is 26.0. The molecule has 0 aliphatic rings. The fourth-order valence-electron chi connectivity index (χ4n) is 1.91. The van der Waals surface area contributed by atoms with Crippen LogP contribution in [0.5, 0.6) is 0 Å². The predicted molar refractivity (Wildman–Crippen MR) is 110 cm³/mol. The molecule has 7 N–H and O–H groups in total. The summed E-state index contributed by atoms with van der Waals surface area (Å²) < 4.78 is 6.66. The Balaban J connectivity index is 0.000000607. The number of rotatable bonds is 9. The summed E-state index contributed by atoms with van der Waals surface area (Å²) in [6.07, 6.45) is 0.680. The van der Waals surface area contributed by atoms with Crippen molar-refractivity contribution in [3.05, 3.63) is 16.7 Å². The summed E-state index contributed by atoms with van der Waals surface area (Å²) in [4.78, 5) is 21.6. The van der Waals surface area contributed by atoms with Gasteiger partial charge < -0.3 is 31.3 Å². The van der Waals surface area contributed by atoms with E-state index in [1.807, 2.05) is 0 Å². The van der Waals surface area contributed by atoms with Crippen LogP contribution in [0, 0.1) is 0 Å². The monoisotopic (exact) mass is 401 g/mol. The van der Waals surface area contributed by atoms with Crippen molar-refractivity contribution in [3.8, 4) is 0 Å². The molecule has 0 atom stereocenters. The lowest BCUT2D eigenvalue weighted by Gasteiger charge is -2.12. The number of hydrogen-bond donors (Lipinski definition) is 6. The predicted octanol–water partition coefficient (Wildman–Crippen LogP) is -0.739. The summed E-state index contributed by atoms with van der Waals surface area (Å²) in [6.45, 7) is 12.2. The molecular weight excluding hydrogens is 366 g/mol. The van der Waals surface area contributed by atoms with E-state index >= 15 is 0 Å². The maximum atomic E-state index is 11.5. The molecule has 0 aliphatic heterocycles. The number of nitrogens with two attached hydrogens (primary N) is 1. The van der Waals surface area contributed by atoms with E-state index in [1.165, 1.54) is 10.9 Å². The molecule has 0 saturated carbocycles. The van der Waals surface area contributed by atoms with Crippen LogP contribution >= 0.6 is 0 Å². The van der Waals surface area contributed by atoms with Crippen LogP contribution in [0.4, 0.5) is 5.95 Å². The second-order valence-electron chi connectivity index (χ2n) is 5.53. The van der Waals surface area contributed by atoms with Gasteiger partial charge in [-0.3, -0.25) is 14.3 Å². The molecule has 11 nitrogen and oxygen atoms in total. The fourth-order valence-corrected chi connectivity index (χ4v) is 1.91. The molecule has 0 aromatic carbocycles. The summed E-state index contributed by atoms with van der Waals surface area (Å²) in [5.41, 5.74) is 5.43. The highest BCUT2D eigenvalue weighted by atomic mass is 16.5. The van der Waals surface area contributed by atoms with Gasteiger partial charge in [0.2, 0.25) is 5.95 Å². The van der Waals surface area contributed by atoms with Gasteiger partial charge in [-0.05, 0) is 26.2 Å². The first-order valence-electron chi connectivity index (χ1n) is 9.44. The standard InChI is InChI=1S/C9H13N5O4.2C4H11N/c10-9-12-7-6(8(17)13-9)11-3-14(7)4-18-5(1-15)2-16;2*1-3-5-4-2/h3,5,15-16H,1-2,4H2,(H3,10,12,13,17);2*5H,3-4H2,1-2H3. The van der Waals surface area contributed by atoms with Crippen molar-refractivity contribution >= 4 is 17.1 Å². The second-order valence-corrected chi connectivity index (χ2v) is 5.53. The van der Waals surface area contributed by atoms with Gasteiger partial charge in [0.25, 0.3) is 5.56 Å². The number of aliphatic hydroxyl groups excluding tert-OH is 2. The third kappa shape index (κ3) is 9.76. The van der Waals surface area contributed by atoms with Gasteiger partial charge in [-0.15, -0.1) is 0 Å². The van der Waals surface area contributed by atoms with Crippen LogP contribution in [-0.4, -0.2) is 75.2 Å². The lowest BCUT2D eigenvalue weighted by molar-refractivity contribution is -0.0488. The Bertz CT molecular complexity index is 676. The molecule has 0 bridgehead atoms. The number of aliphatic hydroxyl groups is 2. The molecule has 2 aromatic heterocycles. The second kappa shape index (κ2) is 16.0. The fraction of sp³-hybridized carbons (Fsp3) is 0.706. The topological polar surface area (TPSA) is 163 Å². The van der Waals surface area contributed by atoms with Gasteiger partial charge in [-0.2, -0.15) is 4.98 Å². The Kier molecular flexibility index (Phi) is 14.8. The van der Waals surface area contributed by atoms with Crippen molar-refractivity contribution in [2.75, 3.05) is 45.1 Å². The Morgan fingerprint density at radius 1 is 1.14 bits per heavy atom. The van der Waals surface area contributed by atoms with Crippen LogP contribution in [0.3, 0.4) is 0 Å². The molecule has 2 aromatic rings. The molecule has 0 spiro atoms. The number of anilines is 1. The molecule has 0 aliphatic carbocycles. The van der Waals surface area contributed by atoms with E-state index in [4.69, 9.17) is 20.7 Å². The molecule has 2 rings (SSSR count). The van der Waals surface area contributed by atoms with Crippen LogP contribution in [0.25, 0.3) is 11.2 Å². The van der Waals surface area contributed by atoms with E-state index in [1.54, 1.807) is 0 Å². The third-order valence-electron chi connectivity index (χ3n) is 3.35. The smallest absolute Gasteiger partial charge is 0.280 e. The highest BCUT2D eigenvalue weighted by Crippen LogP contribution is 2.07. The lowest BCUT2D eigenvalue weighted by atomic mass is 10.4. The number of nitrogens with zero attached hydrogens (tertiary/aromatic N) is 3. The number of aromatic nitrogens is 4. The van der Waals surface area contributed by atoms with E-state index in [0.29, 0.717) is 0 Å². The van der Waals surface area contributed by atoms with Crippen molar-refractivity contribution in [2.24, 2.45) is 0 Å². The Morgan fingerprint density at radius 3 is 2.11 bits per heavy atom. The van der Waals surface area contributed by atoms with Gasteiger partial charge >= 0.3 is 0 Å². The van der Waals surface area contributed by atoms with Gasteiger partial charge in [0.1, 0.15) is 12.8 Å². The zero-order chi connectivity index (χ0) is 21.4. The maximum absolute atomic E-state index is 11.5. The highest BCUT2D eigenvalue weighted by molar-refractivity contribution is 5.70. The van der Waals surface area contributed by atoms with E-state index < -0.39 is 11.7 Å². The molecule has 0 radical (unpaired) electrons. The van der Waals surface area contributed by atoms with Crippen molar-refractivity contribution in [1.82, 2.24) is 30.2 Å². The molecule has 162 valence electrons. The van der Waals surface area contributed by atoms with Crippen molar-refractivity contribution < 1.29 is 14.9 Å². The molecule has 0 amide bonds. The Hall–Kier alpha value is -2.05. The molecule has 0 saturated heterocycles. The van der Waals surface area contributed by atoms with Crippen LogP contribution < -0.4 is 21.9 Å². The van der Waals surface area contributed by atoms with Gasteiger partial charge in [0, 0.05) is 0 Å². The van der Waals surface area contributed by atoms with Crippen molar-refractivity contribution in [3.63, 3.8) is 0 Å². The number of nitrogen functional groups attached to an aromatic ring is 1. The summed E-state index contributed by atoms with van der Waals surface area (Å²) in [5.74, 6) is -0.0184. The SMILES string of the molecule is CCNCC.CCNCC.Nc1nc2c(ncn2COC(CO)CO)c(=O)[nH]1. The molecule has 11 heteroatoms. The first-order valence-corrected chi connectivity index (χ1v) is 9.44. The van der Waals surface area contributed by atoms with Crippen LogP contribution in [0.2, 0.25) is 0 Å². The van der Waals surface area contributed by atoms with E-state index in [0.717, 1.165) is 26.2 Å². The van der Waals surface area contributed by atoms with E-state index in [-0.39, 0.29) is 37.1 Å². The summed E-state index contributed by atoms with van der Waals surface area (Å²) in [5, 5.41) is 23.9. The average molecular weight is 402 g/mol. The maximum Gasteiger partial charge on any atom is 0.280 e. The van der Waals surface area contributed by atoms with Crippen LogP contribution in [0.15, 0.2) is 11.1 Å². The minimum absolute atomic E-state index is 0.00181. The van der Waals surface area contributed by atoms with Gasteiger partial charge in [-0.25, -0.2) is 4.98 Å². The summed E-state index contributed by atoms with van der Waals surface area (Å²) in [6, 6.07) is 0. The third-order valence-corrected chi connectivity index (χ3v) is 3.35. The molecular formula is C17H35N7O4. The number of fused-ring (bicyclic) bond motifs is 1. The normalized spacial score (nSPS) is 10.4. The Labute approximate surface area is 165 Å². The van der Waals surface area contributed by atoms with Crippen LogP contribution in [-0.2, 0) is 11.5 Å². The summed E-state index contributed by atoms with van der Waals surface area (Å²) >= 11 is 0. The summed E-state index contributed by atoms with van der Waals surface area (Å²) in [7, 11) is 0.